The summed E-state index contributed by atoms with van der Waals surface area (Å²) in [7, 11) is 0. The second-order valence-electron chi connectivity index (χ2n) is 4.16. The smallest absolute Gasteiger partial charge is 0.252 e. The van der Waals surface area contributed by atoms with Crippen molar-refractivity contribution in [3.63, 3.8) is 0 Å². The average Bonchev–Trinajstić information content (AvgIpc) is 2.38. The Labute approximate surface area is 115 Å². The van der Waals surface area contributed by atoms with Crippen molar-refractivity contribution in [3.8, 4) is 5.75 Å². The number of aliphatic hydroxyl groups excluding tert-OH is 1. The SMILES string of the molecule is O=c1cc(CNCCO)nc(Nc2cccc(O)c2)[nH]1. The molecule has 1 aromatic heterocycles. The number of H-pyrrole nitrogens is 1. The minimum Gasteiger partial charge on any atom is -0.508 e. The third-order valence-electron chi connectivity index (χ3n) is 2.50. The maximum absolute atomic E-state index is 11.5. The van der Waals surface area contributed by atoms with Crippen LogP contribution in [0.25, 0.3) is 0 Å². The molecule has 0 saturated carbocycles. The number of rotatable bonds is 6. The number of aromatic amines is 1. The van der Waals surface area contributed by atoms with E-state index in [9.17, 15) is 9.90 Å². The summed E-state index contributed by atoms with van der Waals surface area (Å²) in [5, 5.41) is 23.9. The highest BCUT2D eigenvalue weighted by atomic mass is 16.3. The lowest BCUT2D eigenvalue weighted by atomic mass is 10.3. The number of aromatic hydroxyl groups is 1. The molecule has 106 valence electrons. The molecular formula is C13H16N4O3. The van der Waals surface area contributed by atoms with Gasteiger partial charge >= 0.3 is 0 Å². The van der Waals surface area contributed by atoms with Crippen LogP contribution in [0.2, 0.25) is 0 Å². The van der Waals surface area contributed by atoms with Gasteiger partial charge in [0.05, 0.1) is 12.3 Å². The lowest BCUT2D eigenvalue weighted by molar-refractivity contribution is 0.291. The molecule has 0 bridgehead atoms. The van der Waals surface area contributed by atoms with Crippen LogP contribution in [0.5, 0.6) is 5.75 Å². The first-order chi connectivity index (χ1) is 9.67. The minimum atomic E-state index is -0.275. The number of hydrogen-bond acceptors (Lipinski definition) is 6. The zero-order valence-electron chi connectivity index (χ0n) is 10.8. The fourth-order valence-electron chi connectivity index (χ4n) is 1.67. The van der Waals surface area contributed by atoms with Crippen LogP contribution in [0.4, 0.5) is 11.6 Å². The maximum atomic E-state index is 11.5. The topological polar surface area (TPSA) is 110 Å². The Hall–Kier alpha value is -2.38. The van der Waals surface area contributed by atoms with E-state index >= 15 is 0 Å². The van der Waals surface area contributed by atoms with Crippen molar-refractivity contribution in [3.05, 3.63) is 46.4 Å². The highest BCUT2D eigenvalue weighted by Gasteiger charge is 2.02. The van der Waals surface area contributed by atoms with Crippen LogP contribution in [-0.2, 0) is 6.54 Å². The molecule has 1 aromatic carbocycles. The summed E-state index contributed by atoms with van der Waals surface area (Å²) in [5.41, 5.74) is 0.905. The van der Waals surface area contributed by atoms with Crippen molar-refractivity contribution in [1.29, 1.82) is 0 Å². The number of aliphatic hydroxyl groups is 1. The molecule has 5 N–H and O–H groups in total. The highest BCUT2D eigenvalue weighted by molar-refractivity contribution is 5.55. The predicted molar refractivity (Wildman–Crippen MR) is 75.0 cm³/mol. The van der Waals surface area contributed by atoms with Crippen LogP contribution in [0, 0.1) is 0 Å². The summed E-state index contributed by atoms with van der Waals surface area (Å²) < 4.78 is 0. The molecule has 0 saturated heterocycles. The number of nitrogens with zero attached hydrogens (tertiary/aromatic N) is 1. The number of phenolic OH excluding ortho intramolecular Hbond substituents is 1. The molecule has 0 atom stereocenters. The van der Waals surface area contributed by atoms with Crippen molar-refractivity contribution in [1.82, 2.24) is 15.3 Å². The standard InChI is InChI=1S/C13H16N4O3/c18-5-4-14-8-10-7-12(20)17-13(16-10)15-9-2-1-3-11(19)6-9/h1-3,6-7,14,18-19H,4-5,8H2,(H2,15,16,17,20). The van der Waals surface area contributed by atoms with E-state index in [0.717, 1.165) is 0 Å². The fraction of sp³-hybridized carbons (Fsp3) is 0.231. The number of nitrogens with one attached hydrogen (secondary N) is 3. The summed E-state index contributed by atoms with van der Waals surface area (Å²) >= 11 is 0. The molecule has 0 aliphatic carbocycles. The van der Waals surface area contributed by atoms with Gasteiger partial charge in [-0.05, 0) is 12.1 Å². The van der Waals surface area contributed by atoms with Gasteiger partial charge in [0.25, 0.3) is 5.56 Å². The van der Waals surface area contributed by atoms with E-state index in [1.54, 1.807) is 18.2 Å². The summed E-state index contributed by atoms with van der Waals surface area (Å²) in [5.74, 6) is 0.419. The van der Waals surface area contributed by atoms with E-state index in [1.165, 1.54) is 12.1 Å². The van der Waals surface area contributed by atoms with E-state index in [2.05, 4.69) is 20.6 Å². The summed E-state index contributed by atoms with van der Waals surface area (Å²) in [4.78, 5) is 18.3. The molecule has 7 heteroatoms. The lowest BCUT2D eigenvalue weighted by Gasteiger charge is -2.08. The molecule has 0 aliphatic rings. The fourth-order valence-corrected chi connectivity index (χ4v) is 1.67. The van der Waals surface area contributed by atoms with Gasteiger partial charge in [-0.2, -0.15) is 0 Å². The first-order valence-electron chi connectivity index (χ1n) is 6.15. The van der Waals surface area contributed by atoms with Crippen LogP contribution in [-0.4, -0.2) is 33.3 Å². The maximum Gasteiger partial charge on any atom is 0.252 e. The van der Waals surface area contributed by atoms with Gasteiger partial charge in [0.2, 0.25) is 5.95 Å². The Morgan fingerprint density at radius 2 is 2.15 bits per heavy atom. The second kappa shape index (κ2) is 6.69. The minimum absolute atomic E-state index is 0.0254. The Balaban J connectivity index is 2.13. The molecular weight excluding hydrogens is 260 g/mol. The average molecular weight is 276 g/mol. The van der Waals surface area contributed by atoms with Crippen LogP contribution >= 0.6 is 0 Å². The van der Waals surface area contributed by atoms with E-state index in [-0.39, 0.29) is 17.9 Å². The number of phenols is 1. The first-order valence-corrected chi connectivity index (χ1v) is 6.15. The third-order valence-corrected chi connectivity index (χ3v) is 2.50. The Kier molecular flexibility index (Phi) is 4.70. The number of benzene rings is 1. The zero-order valence-corrected chi connectivity index (χ0v) is 10.8. The molecule has 0 aliphatic heterocycles. The van der Waals surface area contributed by atoms with Crippen molar-refractivity contribution in [2.75, 3.05) is 18.5 Å². The Bertz CT molecular complexity index is 627. The van der Waals surface area contributed by atoms with Crippen molar-refractivity contribution in [2.24, 2.45) is 0 Å². The first kappa shape index (κ1) is 14.0. The molecule has 7 nitrogen and oxygen atoms in total. The molecule has 2 rings (SSSR count). The molecule has 2 aromatic rings. The van der Waals surface area contributed by atoms with Crippen molar-refractivity contribution in [2.45, 2.75) is 6.54 Å². The van der Waals surface area contributed by atoms with Gasteiger partial charge in [0, 0.05) is 30.9 Å². The highest BCUT2D eigenvalue weighted by Crippen LogP contribution is 2.17. The summed E-state index contributed by atoms with van der Waals surface area (Å²) in [6, 6.07) is 7.89. The van der Waals surface area contributed by atoms with E-state index in [0.29, 0.717) is 30.4 Å². The van der Waals surface area contributed by atoms with Gasteiger partial charge in [0.15, 0.2) is 0 Å². The van der Waals surface area contributed by atoms with Crippen LogP contribution in [0.3, 0.4) is 0 Å². The van der Waals surface area contributed by atoms with Gasteiger partial charge in [-0.25, -0.2) is 4.98 Å². The second-order valence-corrected chi connectivity index (χ2v) is 4.16. The molecule has 0 amide bonds. The third kappa shape index (κ3) is 4.08. The van der Waals surface area contributed by atoms with Crippen LogP contribution < -0.4 is 16.2 Å². The van der Waals surface area contributed by atoms with E-state index < -0.39 is 0 Å². The van der Waals surface area contributed by atoms with Gasteiger partial charge in [-0.1, -0.05) is 6.07 Å². The molecule has 0 spiro atoms. The van der Waals surface area contributed by atoms with E-state index in [1.807, 2.05) is 0 Å². The summed E-state index contributed by atoms with van der Waals surface area (Å²) in [6.45, 7) is 0.848. The molecule has 1 heterocycles. The van der Waals surface area contributed by atoms with Gasteiger partial charge in [-0.15, -0.1) is 0 Å². The van der Waals surface area contributed by atoms with E-state index in [4.69, 9.17) is 5.11 Å². The van der Waals surface area contributed by atoms with Crippen molar-refractivity contribution >= 4 is 11.6 Å². The van der Waals surface area contributed by atoms with Gasteiger partial charge in [0.1, 0.15) is 5.75 Å². The predicted octanol–water partition coefficient (Wildman–Crippen LogP) is 0.301. The van der Waals surface area contributed by atoms with Crippen LogP contribution in [0.1, 0.15) is 5.69 Å². The molecule has 20 heavy (non-hydrogen) atoms. The molecule has 0 fully saturated rings. The van der Waals surface area contributed by atoms with Crippen molar-refractivity contribution < 1.29 is 10.2 Å². The quantitative estimate of drug-likeness (QED) is 0.485. The monoisotopic (exact) mass is 276 g/mol. The Morgan fingerprint density at radius 3 is 2.90 bits per heavy atom. The van der Waals surface area contributed by atoms with Gasteiger partial charge in [-0.3, -0.25) is 9.78 Å². The molecule has 0 unspecified atom stereocenters. The number of anilines is 2. The Morgan fingerprint density at radius 1 is 1.30 bits per heavy atom. The zero-order chi connectivity index (χ0) is 14.4. The lowest BCUT2D eigenvalue weighted by Crippen LogP contribution is -2.21. The number of aromatic nitrogens is 2. The van der Waals surface area contributed by atoms with Gasteiger partial charge < -0.3 is 20.8 Å². The number of hydrogen-bond donors (Lipinski definition) is 5. The normalized spacial score (nSPS) is 10.4. The summed E-state index contributed by atoms with van der Waals surface area (Å²) in [6.07, 6.45) is 0. The largest absolute Gasteiger partial charge is 0.508 e. The molecule has 0 radical (unpaired) electrons. The van der Waals surface area contributed by atoms with Crippen LogP contribution in [0.15, 0.2) is 35.1 Å².